The van der Waals surface area contributed by atoms with Gasteiger partial charge in [-0.15, -0.1) is 10.2 Å². The third kappa shape index (κ3) is 3.27. The minimum atomic E-state index is -4.55. The van der Waals surface area contributed by atoms with Crippen molar-refractivity contribution in [2.45, 2.75) is 15.5 Å². The van der Waals surface area contributed by atoms with Gasteiger partial charge in [-0.25, -0.2) is 9.97 Å². The summed E-state index contributed by atoms with van der Waals surface area (Å²) >= 11 is 7.57. The van der Waals surface area contributed by atoms with E-state index in [0.29, 0.717) is 4.34 Å². The second-order valence-electron chi connectivity index (χ2n) is 2.66. The summed E-state index contributed by atoms with van der Waals surface area (Å²) in [4.78, 5) is 6.80. The van der Waals surface area contributed by atoms with Crippen LogP contribution in [0.25, 0.3) is 0 Å². The van der Waals surface area contributed by atoms with Crippen molar-refractivity contribution < 1.29 is 13.2 Å². The van der Waals surface area contributed by atoms with Crippen LogP contribution in [0, 0.1) is 0 Å². The molecule has 0 atom stereocenters. The Labute approximate surface area is 106 Å². The van der Waals surface area contributed by atoms with Crippen molar-refractivity contribution in [3.63, 3.8) is 0 Å². The summed E-state index contributed by atoms with van der Waals surface area (Å²) in [6, 6.07) is 0.817. The monoisotopic (exact) mass is 298 g/mol. The fourth-order valence-corrected chi connectivity index (χ4v) is 2.55. The van der Waals surface area contributed by atoms with Crippen LogP contribution in [0.15, 0.2) is 20.9 Å². The first-order valence-corrected chi connectivity index (χ1v) is 6.08. The van der Waals surface area contributed by atoms with Crippen molar-refractivity contribution in [1.29, 1.82) is 0 Å². The smallest absolute Gasteiger partial charge is 0.213 e. The van der Waals surface area contributed by atoms with Crippen LogP contribution in [-0.4, -0.2) is 20.2 Å². The SMILES string of the molecule is FC(F)(F)c1cc(Sc2nncs2)nc(Cl)n1. The van der Waals surface area contributed by atoms with E-state index in [9.17, 15) is 13.2 Å². The van der Waals surface area contributed by atoms with Gasteiger partial charge in [0.1, 0.15) is 10.5 Å². The Morgan fingerprint density at radius 3 is 2.65 bits per heavy atom. The Bertz CT molecular complexity index is 516. The number of halogens is 4. The Morgan fingerprint density at radius 2 is 2.06 bits per heavy atom. The van der Waals surface area contributed by atoms with E-state index in [4.69, 9.17) is 11.6 Å². The highest BCUT2D eigenvalue weighted by atomic mass is 35.5. The van der Waals surface area contributed by atoms with Crippen LogP contribution in [0.3, 0.4) is 0 Å². The molecule has 0 spiro atoms. The average molecular weight is 299 g/mol. The van der Waals surface area contributed by atoms with Gasteiger partial charge >= 0.3 is 6.18 Å². The lowest BCUT2D eigenvalue weighted by atomic mass is 10.4. The topological polar surface area (TPSA) is 51.6 Å². The van der Waals surface area contributed by atoms with E-state index in [1.54, 1.807) is 0 Å². The molecule has 0 amide bonds. The Morgan fingerprint density at radius 1 is 1.29 bits per heavy atom. The summed E-state index contributed by atoms with van der Waals surface area (Å²) < 4.78 is 37.8. The van der Waals surface area contributed by atoms with Gasteiger partial charge in [0.05, 0.1) is 0 Å². The third-order valence-electron chi connectivity index (χ3n) is 1.50. The summed E-state index contributed by atoms with van der Waals surface area (Å²) in [5.74, 6) is 0. The largest absolute Gasteiger partial charge is 0.433 e. The molecule has 0 aromatic carbocycles. The number of hydrogen-bond acceptors (Lipinski definition) is 6. The molecule has 90 valence electrons. The number of rotatable bonds is 2. The summed E-state index contributed by atoms with van der Waals surface area (Å²) in [6.07, 6.45) is -4.55. The average Bonchev–Trinajstić information content (AvgIpc) is 2.68. The van der Waals surface area contributed by atoms with Gasteiger partial charge in [0.15, 0.2) is 10.0 Å². The van der Waals surface area contributed by atoms with Gasteiger partial charge in [0, 0.05) is 6.07 Å². The van der Waals surface area contributed by atoms with E-state index in [2.05, 4.69) is 20.2 Å². The highest BCUT2D eigenvalue weighted by Gasteiger charge is 2.33. The van der Waals surface area contributed by atoms with Gasteiger partial charge in [-0.05, 0) is 23.4 Å². The Hall–Kier alpha value is -0.930. The maximum absolute atomic E-state index is 12.4. The van der Waals surface area contributed by atoms with Gasteiger partial charge in [-0.2, -0.15) is 13.2 Å². The summed E-state index contributed by atoms with van der Waals surface area (Å²) in [7, 11) is 0. The van der Waals surface area contributed by atoms with Gasteiger partial charge in [0.25, 0.3) is 0 Å². The summed E-state index contributed by atoms with van der Waals surface area (Å²) in [5, 5.41) is 6.87. The summed E-state index contributed by atoms with van der Waals surface area (Å²) in [6.45, 7) is 0. The van der Waals surface area contributed by atoms with Gasteiger partial charge in [0.2, 0.25) is 5.28 Å². The van der Waals surface area contributed by atoms with Crippen LogP contribution < -0.4 is 0 Å². The van der Waals surface area contributed by atoms with E-state index in [0.717, 1.165) is 17.8 Å². The zero-order chi connectivity index (χ0) is 12.5. The van der Waals surface area contributed by atoms with Crippen molar-refractivity contribution in [2.24, 2.45) is 0 Å². The molecule has 0 aliphatic rings. The molecule has 17 heavy (non-hydrogen) atoms. The second-order valence-corrected chi connectivity index (χ2v) is 5.10. The maximum Gasteiger partial charge on any atom is 0.433 e. The molecule has 0 radical (unpaired) electrons. The van der Waals surface area contributed by atoms with Crippen LogP contribution in [-0.2, 0) is 6.18 Å². The molecule has 2 aromatic heterocycles. The van der Waals surface area contributed by atoms with Crippen LogP contribution in [0.1, 0.15) is 5.69 Å². The second kappa shape index (κ2) is 4.75. The number of alkyl halides is 3. The predicted octanol–water partition coefficient (Wildman–Crippen LogP) is 3.15. The van der Waals surface area contributed by atoms with Gasteiger partial charge < -0.3 is 0 Å². The number of aromatic nitrogens is 4. The van der Waals surface area contributed by atoms with Gasteiger partial charge in [-0.1, -0.05) is 11.3 Å². The molecular formula is C7H2ClF3N4S2. The molecule has 10 heteroatoms. The molecule has 0 aliphatic carbocycles. The van der Waals surface area contributed by atoms with E-state index in [1.165, 1.54) is 16.8 Å². The minimum Gasteiger partial charge on any atom is -0.213 e. The minimum absolute atomic E-state index is 0.0778. The highest BCUT2D eigenvalue weighted by Crippen LogP contribution is 2.33. The molecule has 0 fully saturated rings. The quantitative estimate of drug-likeness (QED) is 0.630. The standard InChI is InChI=1S/C7H2ClF3N4S2/c8-5-13-3(7(9,10)11)1-4(14-5)17-6-15-12-2-16-6/h1-2H. The first-order valence-electron chi connectivity index (χ1n) is 4.01. The molecule has 0 unspecified atom stereocenters. The zero-order valence-electron chi connectivity index (χ0n) is 7.77. The van der Waals surface area contributed by atoms with E-state index in [-0.39, 0.29) is 5.03 Å². The first-order chi connectivity index (χ1) is 7.95. The normalized spacial score (nSPS) is 11.8. The molecule has 2 heterocycles. The lowest BCUT2D eigenvalue weighted by Gasteiger charge is -2.06. The molecule has 0 N–H and O–H groups in total. The maximum atomic E-state index is 12.4. The molecule has 2 aromatic rings. The molecule has 0 saturated carbocycles. The summed E-state index contributed by atoms with van der Waals surface area (Å²) in [5.41, 5.74) is 0.389. The molecule has 0 bridgehead atoms. The molecule has 2 rings (SSSR count). The van der Waals surface area contributed by atoms with Crippen LogP contribution in [0.2, 0.25) is 5.28 Å². The Balaban J connectivity index is 2.32. The lowest BCUT2D eigenvalue weighted by Crippen LogP contribution is -2.09. The molecule has 4 nitrogen and oxygen atoms in total. The van der Waals surface area contributed by atoms with Crippen molar-refractivity contribution in [3.05, 3.63) is 22.6 Å². The van der Waals surface area contributed by atoms with Crippen molar-refractivity contribution in [2.75, 3.05) is 0 Å². The van der Waals surface area contributed by atoms with E-state index >= 15 is 0 Å². The van der Waals surface area contributed by atoms with Crippen molar-refractivity contribution in [1.82, 2.24) is 20.2 Å². The molecular weight excluding hydrogens is 297 g/mol. The fraction of sp³-hybridized carbons (Fsp3) is 0.143. The highest BCUT2D eigenvalue weighted by molar-refractivity contribution is 8.00. The van der Waals surface area contributed by atoms with E-state index in [1.807, 2.05) is 0 Å². The van der Waals surface area contributed by atoms with E-state index < -0.39 is 17.2 Å². The van der Waals surface area contributed by atoms with Crippen LogP contribution in [0.4, 0.5) is 13.2 Å². The van der Waals surface area contributed by atoms with Gasteiger partial charge in [-0.3, -0.25) is 0 Å². The molecule has 0 saturated heterocycles. The van der Waals surface area contributed by atoms with Crippen LogP contribution in [0.5, 0.6) is 0 Å². The fourth-order valence-electron chi connectivity index (χ4n) is 0.891. The third-order valence-corrected chi connectivity index (χ3v) is 3.36. The molecule has 0 aliphatic heterocycles. The van der Waals surface area contributed by atoms with Crippen LogP contribution >= 0.6 is 34.7 Å². The Kier molecular flexibility index (Phi) is 3.50. The number of nitrogens with zero attached hydrogens (tertiary/aromatic N) is 4. The van der Waals surface area contributed by atoms with Crippen molar-refractivity contribution in [3.8, 4) is 0 Å². The zero-order valence-corrected chi connectivity index (χ0v) is 10.2. The first kappa shape index (κ1) is 12.5. The number of hydrogen-bond donors (Lipinski definition) is 0. The lowest BCUT2D eigenvalue weighted by molar-refractivity contribution is -0.141. The predicted molar refractivity (Wildman–Crippen MR) is 56.1 cm³/mol. The van der Waals surface area contributed by atoms with Crippen molar-refractivity contribution >= 4 is 34.7 Å².